The second-order valence-electron chi connectivity index (χ2n) is 3.84. The topological polar surface area (TPSA) is 12.9 Å². The normalized spacial score (nSPS) is 11.8. The van der Waals surface area contributed by atoms with Crippen LogP contribution < -0.4 is 0 Å². The lowest BCUT2D eigenvalue weighted by Crippen LogP contribution is -2.18. The molecule has 0 aliphatic heterocycles. The van der Waals surface area contributed by atoms with Gasteiger partial charge in [0.15, 0.2) is 11.6 Å². The summed E-state index contributed by atoms with van der Waals surface area (Å²) in [6, 6.07) is 0.435. The first kappa shape index (κ1) is 10.0. The third-order valence-electron chi connectivity index (χ3n) is 1.59. The molecule has 1 aromatic rings. The Hall–Kier alpha value is -1.06. The van der Waals surface area contributed by atoms with E-state index in [9.17, 15) is 13.2 Å². The standard InChI is InChI=1S/C9H10F3N/c1-9(2,3)8-7(12)5(10)4-6(11)13-8/h4H,1-3H3. The average molecular weight is 189 g/mol. The Kier molecular flexibility index (Phi) is 2.32. The molecule has 0 N–H and O–H groups in total. The lowest BCUT2D eigenvalue weighted by molar-refractivity contribution is 0.426. The average Bonchev–Trinajstić information content (AvgIpc) is 1.94. The van der Waals surface area contributed by atoms with E-state index in [1.165, 1.54) is 0 Å². The molecule has 0 aliphatic rings. The Labute approximate surface area is 74.6 Å². The van der Waals surface area contributed by atoms with Gasteiger partial charge in [-0.1, -0.05) is 20.8 Å². The molecule has 0 amide bonds. The van der Waals surface area contributed by atoms with Gasteiger partial charge in [0.25, 0.3) is 0 Å². The predicted molar refractivity (Wildman–Crippen MR) is 42.8 cm³/mol. The molecule has 0 radical (unpaired) electrons. The van der Waals surface area contributed by atoms with Crippen molar-refractivity contribution in [3.05, 3.63) is 29.3 Å². The maximum atomic E-state index is 13.1. The minimum atomic E-state index is -1.20. The number of hydrogen-bond acceptors (Lipinski definition) is 1. The third kappa shape index (κ3) is 1.99. The van der Waals surface area contributed by atoms with Crippen LogP contribution in [0.4, 0.5) is 13.2 Å². The zero-order chi connectivity index (χ0) is 10.2. The van der Waals surface area contributed by atoms with Gasteiger partial charge in [-0.3, -0.25) is 0 Å². The SMILES string of the molecule is CC(C)(C)c1nc(F)cc(F)c1F. The Balaban J connectivity index is 3.37. The monoisotopic (exact) mass is 189 g/mol. The van der Waals surface area contributed by atoms with Crippen molar-refractivity contribution >= 4 is 0 Å². The van der Waals surface area contributed by atoms with Crippen LogP contribution in [0.25, 0.3) is 0 Å². The summed E-state index contributed by atoms with van der Waals surface area (Å²) in [5.41, 5.74) is -0.891. The highest BCUT2D eigenvalue weighted by molar-refractivity contribution is 5.17. The minimum absolute atomic E-state index is 0.190. The van der Waals surface area contributed by atoms with Crippen LogP contribution in [0, 0.1) is 17.6 Å². The molecule has 1 heterocycles. The molecule has 0 bridgehead atoms. The van der Waals surface area contributed by atoms with Gasteiger partial charge in [-0.2, -0.15) is 4.39 Å². The molecule has 1 rings (SSSR count). The maximum absolute atomic E-state index is 13.1. The first-order valence-electron chi connectivity index (χ1n) is 3.84. The Morgan fingerprint density at radius 3 is 2.15 bits per heavy atom. The second-order valence-corrected chi connectivity index (χ2v) is 3.84. The molecule has 72 valence electrons. The molecule has 0 saturated carbocycles. The van der Waals surface area contributed by atoms with E-state index in [0.717, 1.165) is 0 Å². The van der Waals surface area contributed by atoms with E-state index in [2.05, 4.69) is 4.98 Å². The van der Waals surface area contributed by atoms with Crippen LogP contribution in [0.1, 0.15) is 26.5 Å². The fourth-order valence-electron chi connectivity index (χ4n) is 0.966. The molecule has 0 saturated heterocycles. The van der Waals surface area contributed by atoms with Gasteiger partial charge in [0, 0.05) is 11.5 Å². The largest absolute Gasteiger partial charge is 0.221 e. The first-order valence-corrected chi connectivity index (χ1v) is 3.84. The molecule has 1 nitrogen and oxygen atoms in total. The Bertz CT molecular complexity index is 328. The van der Waals surface area contributed by atoms with Gasteiger partial charge in [-0.05, 0) is 0 Å². The summed E-state index contributed by atoms with van der Waals surface area (Å²) >= 11 is 0. The van der Waals surface area contributed by atoms with E-state index < -0.39 is 23.0 Å². The number of halogens is 3. The highest BCUT2D eigenvalue weighted by Gasteiger charge is 2.23. The molecule has 0 spiro atoms. The zero-order valence-electron chi connectivity index (χ0n) is 7.66. The Morgan fingerprint density at radius 2 is 1.69 bits per heavy atom. The molecule has 4 heteroatoms. The van der Waals surface area contributed by atoms with Crippen LogP contribution >= 0.6 is 0 Å². The van der Waals surface area contributed by atoms with Crippen molar-refractivity contribution in [2.45, 2.75) is 26.2 Å². The van der Waals surface area contributed by atoms with Gasteiger partial charge in [0.1, 0.15) is 0 Å². The van der Waals surface area contributed by atoms with E-state index in [1.807, 2.05) is 0 Å². The second kappa shape index (κ2) is 3.01. The van der Waals surface area contributed by atoms with Crippen LogP contribution in [-0.4, -0.2) is 4.98 Å². The molecule has 0 unspecified atom stereocenters. The van der Waals surface area contributed by atoms with Crippen molar-refractivity contribution in [3.63, 3.8) is 0 Å². The summed E-state index contributed by atoms with van der Waals surface area (Å²) in [5, 5.41) is 0. The molecule has 0 aliphatic carbocycles. The molecule has 0 fully saturated rings. The van der Waals surface area contributed by atoms with Crippen molar-refractivity contribution in [2.75, 3.05) is 0 Å². The smallest absolute Gasteiger partial charge is 0.216 e. The molecular weight excluding hydrogens is 179 g/mol. The van der Waals surface area contributed by atoms with Crippen molar-refractivity contribution in [1.29, 1.82) is 0 Å². The van der Waals surface area contributed by atoms with Crippen molar-refractivity contribution < 1.29 is 13.2 Å². The van der Waals surface area contributed by atoms with Gasteiger partial charge < -0.3 is 0 Å². The summed E-state index contributed by atoms with van der Waals surface area (Å²) in [4.78, 5) is 3.32. The highest BCUT2D eigenvalue weighted by atomic mass is 19.2. The summed E-state index contributed by atoms with van der Waals surface area (Å²) in [5.74, 6) is -3.27. The van der Waals surface area contributed by atoms with E-state index in [0.29, 0.717) is 6.07 Å². The zero-order valence-corrected chi connectivity index (χ0v) is 7.66. The summed E-state index contributed by atoms with van der Waals surface area (Å²) in [7, 11) is 0. The van der Waals surface area contributed by atoms with Gasteiger partial charge in [-0.25, -0.2) is 13.8 Å². The number of hydrogen-bond donors (Lipinski definition) is 0. The lowest BCUT2D eigenvalue weighted by atomic mass is 9.91. The highest BCUT2D eigenvalue weighted by Crippen LogP contribution is 2.24. The maximum Gasteiger partial charge on any atom is 0.216 e. The minimum Gasteiger partial charge on any atom is -0.221 e. The predicted octanol–water partition coefficient (Wildman–Crippen LogP) is 2.80. The summed E-state index contributed by atoms with van der Waals surface area (Å²) in [6.45, 7) is 4.91. The lowest BCUT2D eigenvalue weighted by Gasteiger charge is -2.18. The van der Waals surface area contributed by atoms with Gasteiger partial charge >= 0.3 is 0 Å². The summed E-state index contributed by atoms with van der Waals surface area (Å²) in [6.07, 6.45) is 0. The van der Waals surface area contributed by atoms with Crippen LogP contribution in [0.3, 0.4) is 0 Å². The van der Waals surface area contributed by atoms with E-state index >= 15 is 0 Å². The van der Waals surface area contributed by atoms with Crippen LogP contribution in [0.15, 0.2) is 6.07 Å². The molecule has 1 aromatic heterocycles. The van der Waals surface area contributed by atoms with Gasteiger partial charge in [-0.15, -0.1) is 0 Å². The molecule has 0 atom stereocenters. The number of pyridine rings is 1. The number of aromatic nitrogens is 1. The Morgan fingerprint density at radius 1 is 1.15 bits per heavy atom. The molecular formula is C9H10F3N. The van der Waals surface area contributed by atoms with Gasteiger partial charge in [0.2, 0.25) is 5.95 Å². The third-order valence-corrected chi connectivity index (χ3v) is 1.59. The fourth-order valence-corrected chi connectivity index (χ4v) is 0.966. The fraction of sp³-hybridized carbons (Fsp3) is 0.444. The summed E-state index contributed by atoms with van der Waals surface area (Å²) < 4.78 is 38.4. The molecule has 0 aromatic carbocycles. The van der Waals surface area contributed by atoms with Crippen LogP contribution in [0.5, 0.6) is 0 Å². The van der Waals surface area contributed by atoms with Gasteiger partial charge in [0.05, 0.1) is 5.69 Å². The number of nitrogens with zero attached hydrogens (tertiary/aromatic N) is 1. The number of rotatable bonds is 0. The van der Waals surface area contributed by atoms with Crippen LogP contribution in [0.2, 0.25) is 0 Å². The van der Waals surface area contributed by atoms with Crippen LogP contribution in [-0.2, 0) is 5.41 Å². The quantitative estimate of drug-likeness (QED) is 0.572. The van der Waals surface area contributed by atoms with Crippen molar-refractivity contribution in [3.8, 4) is 0 Å². The van der Waals surface area contributed by atoms with E-state index in [4.69, 9.17) is 0 Å². The van der Waals surface area contributed by atoms with E-state index in [1.54, 1.807) is 20.8 Å². The molecule has 13 heavy (non-hydrogen) atoms. The first-order chi connectivity index (χ1) is 5.82. The van der Waals surface area contributed by atoms with Crippen molar-refractivity contribution in [2.24, 2.45) is 0 Å². The van der Waals surface area contributed by atoms with E-state index in [-0.39, 0.29) is 5.69 Å². The van der Waals surface area contributed by atoms with Crippen molar-refractivity contribution in [1.82, 2.24) is 4.98 Å².